The normalized spacial score (nSPS) is 12.2. The Bertz CT molecular complexity index is 655. The molecule has 0 fully saturated rings. The van der Waals surface area contributed by atoms with Crippen LogP contribution in [0.4, 0.5) is 4.39 Å². The number of benzene rings is 1. The molecule has 0 aliphatic rings. The zero-order valence-electron chi connectivity index (χ0n) is 12.7. The average Bonchev–Trinajstić information content (AvgIpc) is 2.87. The maximum absolute atomic E-state index is 13.3. The van der Waals surface area contributed by atoms with Crippen LogP contribution in [0, 0.1) is 12.7 Å². The predicted octanol–water partition coefficient (Wildman–Crippen LogP) is 2.21. The SMILES string of the molecule is CCCC(O)CNC(=O)c1cc(C)n(-c2cccc(F)c2)n1. The van der Waals surface area contributed by atoms with Crippen LogP contribution in [0.25, 0.3) is 5.69 Å². The number of aliphatic hydroxyl groups excluding tert-OH is 1. The number of rotatable bonds is 6. The summed E-state index contributed by atoms with van der Waals surface area (Å²) in [4.78, 5) is 12.0. The number of hydrogen-bond donors (Lipinski definition) is 2. The van der Waals surface area contributed by atoms with Gasteiger partial charge in [0.05, 0.1) is 11.8 Å². The molecule has 0 spiro atoms. The minimum atomic E-state index is -0.555. The molecule has 1 heterocycles. The number of carbonyl (C=O) groups excluding carboxylic acids is 1. The van der Waals surface area contributed by atoms with E-state index in [0.717, 1.165) is 12.1 Å². The molecule has 5 nitrogen and oxygen atoms in total. The number of amides is 1. The highest BCUT2D eigenvalue weighted by Crippen LogP contribution is 2.13. The molecule has 0 saturated heterocycles. The molecular formula is C16H20FN3O2. The third kappa shape index (κ3) is 3.92. The molecule has 1 amide bonds. The van der Waals surface area contributed by atoms with Gasteiger partial charge in [0.25, 0.3) is 5.91 Å². The first kappa shape index (κ1) is 16.2. The van der Waals surface area contributed by atoms with Crippen molar-refractivity contribution >= 4 is 5.91 Å². The van der Waals surface area contributed by atoms with Gasteiger partial charge in [-0.25, -0.2) is 9.07 Å². The fraction of sp³-hybridized carbons (Fsp3) is 0.375. The van der Waals surface area contributed by atoms with Crippen molar-refractivity contribution in [2.75, 3.05) is 6.54 Å². The molecule has 0 bridgehead atoms. The Labute approximate surface area is 128 Å². The molecule has 1 aromatic heterocycles. The van der Waals surface area contributed by atoms with E-state index >= 15 is 0 Å². The quantitative estimate of drug-likeness (QED) is 0.860. The van der Waals surface area contributed by atoms with Gasteiger partial charge < -0.3 is 10.4 Å². The van der Waals surface area contributed by atoms with Crippen LogP contribution in [0.15, 0.2) is 30.3 Å². The summed E-state index contributed by atoms with van der Waals surface area (Å²) >= 11 is 0. The molecule has 0 aliphatic heterocycles. The first-order valence-electron chi connectivity index (χ1n) is 7.30. The molecule has 6 heteroatoms. The number of aryl methyl sites for hydroxylation is 1. The van der Waals surface area contributed by atoms with E-state index in [-0.39, 0.29) is 24.0 Å². The summed E-state index contributed by atoms with van der Waals surface area (Å²) < 4.78 is 14.8. The van der Waals surface area contributed by atoms with Crippen molar-refractivity contribution in [1.29, 1.82) is 0 Å². The fourth-order valence-electron chi connectivity index (χ4n) is 2.19. The van der Waals surface area contributed by atoms with Crippen LogP contribution in [0.5, 0.6) is 0 Å². The Kier molecular flexibility index (Phi) is 5.27. The molecule has 0 saturated carbocycles. The van der Waals surface area contributed by atoms with Gasteiger partial charge in [0.15, 0.2) is 5.69 Å². The van der Waals surface area contributed by atoms with Gasteiger partial charge in [-0.05, 0) is 37.6 Å². The number of halogens is 1. The van der Waals surface area contributed by atoms with Gasteiger partial charge in [-0.15, -0.1) is 0 Å². The number of nitrogens with one attached hydrogen (secondary N) is 1. The zero-order chi connectivity index (χ0) is 16.1. The van der Waals surface area contributed by atoms with Crippen molar-refractivity contribution in [1.82, 2.24) is 15.1 Å². The van der Waals surface area contributed by atoms with E-state index < -0.39 is 6.10 Å². The molecule has 22 heavy (non-hydrogen) atoms. The molecule has 1 atom stereocenters. The summed E-state index contributed by atoms with van der Waals surface area (Å²) in [5.74, 6) is -0.713. The molecule has 2 N–H and O–H groups in total. The van der Waals surface area contributed by atoms with E-state index in [4.69, 9.17) is 0 Å². The van der Waals surface area contributed by atoms with Crippen LogP contribution in [-0.4, -0.2) is 33.4 Å². The largest absolute Gasteiger partial charge is 0.391 e. The Morgan fingerprint density at radius 3 is 2.91 bits per heavy atom. The summed E-state index contributed by atoms with van der Waals surface area (Å²) in [6.07, 6.45) is 0.932. The average molecular weight is 305 g/mol. The third-order valence-corrected chi connectivity index (χ3v) is 3.29. The van der Waals surface area contributed by atoms with Gasteiger partial charge >= 0.3 is 0 Å². The molecular weight excluding hydrogens is 285 g/mol. The Hall–Kier alpha value is -2.21. The van der Waals surface area contributed by atoms with Crippen LogP contribution in [0.1, 0.15) is 35.9 Å². The van der Waals surface area contributed by atoms with E-state index in [1.165, 1.54) is 16.8 Å². The van der Waals surface area contributed by atoms with Crippen molar-refractivity contribution in [2.45, 2.75) is 32.8 Å². The second kappa shape index (κ2) is 7.17. The summed E-state index contributed by atoms with van der Waals surface area (Å²) in [5, 5.41) is 16.5. The second-order valence-electron chi connectivity index (χ2n) is 5.22. The van der Waals surface area contributed by atoms with Crippen LogP contribution in [0.3, 0.4) is 0 Å². The van der Waals surface area contributed by atoms with Gasteiger partial charge in [0.1, 0.15) is 5.82 Å². The molecule has 2 rings (SSSR count). The lowest BCUT2D eigenvalue weighted by Gasteiger charge is -2.09. The van der Waals surface area contributed by atoms with Crippen molar-refractivity contribution in [2.24, 2.45) is 0 Å². The third-order valence-electron chi connectivity index (χ3n) is 3.29. The lowest BCUT2D eigenvalue weighted by molar-refractivity contribution is 0.0905. The van der Waals surface area contributed by atoms with E-state index in [2.05, 4.69) is 10.4 Å². The summed E-state index contributed by atoms with van der Waals surface area (Å²) in [5.41, 5.74) is 1.53. The first-order valence-corrected chi connectivity index (χ1v) is 7.30. The minimum absolute atomic E-state index is 0.193. The van der Waals surface area contributed by atoms with Crippen LogP contribution in [0.2, 0.25) is 0 Å². The maximum atomic E-state index is 13.3. The Balaban J connectivity index is 2.11. The monoisotopic (exact) mass is 305 g/mol. The number of aromatic nitrogens is 2. The van der Waals surface area contributed by atoms with Gasteiger partial charge in [-0.3, -0.25) is 4.79 Å². The number of nitrogens with zero attached hydrogens (tertiary/aromatic N) is 2. The molecule has 0 radical (unpaired) electrons. The number of aliphatic hydroxyl groups is 1. The summed E-state index contributed by atoms with van der Waals surface area (Å²) in [6, 6.07) is 7.65. The minimum Gasteiger partial charge on any atom is -0.391 e. The highest BCUT2D eigenvalue weighted by molar-refractivity contribution is 5.92. The maximum Gasteiger partial charge on any atom is 0.271 e. The van der Waals surface area contributed by atoms with Crippen LogP contribution < -0.4 is 5.32 Å². The topological polar surface area (TPSA) is 67.2 Å². The van der Waals surface area contributed by atoms with Crippen molar-refractivity contribution < 1.29 is 14.3 Å². The van der Waals surface area contributed by atoms with E-state index in [9.17, 15) is 14.3 Å². The van der Waals surface area contributed by atoms with Gasteiger partial charge in [0, 0.05) is 12.2 Å². The van der Waals surface area contributed by atoms with Gasteiger partial charge in [-0.2, -0.15) is 5.10 Å². The highest BCUT2D eigenvalue weighted by atomic mass is 19.1. The first-order chi connectivity index (χ1) is 10.5. The van der Waals surface area contributed by atoms with Gasteiger partial charge in [0.2, 0.25) is 0 Å². The molecule has 118 valence electrons. The van der Waals surface area contributed by atoms with E-state index in [1.807, 2.05) is 6.92 Å². The standard InChI is InChI=1S/C16H20FN3O2/c1-3-5-14(21)10-18-16(22)15-8-11(2)20(19-15)13-7-4-6-12(17)9-13/h4,6-9,14,21H,3,5,10H2,1-2H3,(H,18,22). The van der Waals surface area contributed by atoms with E-state index in [1.54, 1.807) is 25.1 Å². The highest BCUT2D eigenvalue weighted by Gasteiger charge is 2.14. The van der Waals surface area contributed by atoms with Crippen molar-refractivity contribution in [3.63, 3.8) is 0 Å². The molecule has 0 aliphatic carbocycles. The lowest BCUT2D eigenvalue weighted by atomic mass is 10.2. The van der Waals surface area contributed by atoms with Gasteiger partial charge in [-0.1, -0.05) is 19.4 Å². The van der Waals surface area contributed by atoms with Crippen LogP contribution >= 0.6 is 0 Å². The lowest BCUT2D eigenvalue weighted by Crippen LogP contribution is -2.32. The smallest absolute Gasteiger partial charge is 0.271 e. The zero-order valence-corrected chi connectivity index (χ0v) is 12.7. The van der Waals surface area contributed by atoms with Crippen LogP contribution in [-0.2, 0) is 0 Å². The Morgan fingerprint density at radius 2 is 2.23 bits per heavy atom. The predicted molar refractivity (Wildman–Crippen MR) is 81.5 cm³/mol. The molecule has 2 aromatic rings. The fourth-order valence-corrected chi connectivity index (χ4v) is 2.19. The number of hydrogen-bond acceptors (Lipinski definition) is 3. The second-order valence-corrected chi connectivity index (χ2v) is 5.22. The molecule has 1 unspecified atom stereocenters. The molecule has 1 aromatic carbocycles. The van der Waals surface area contributed by atoms with Crippen molar-refractivity contribution in [3.05, 3.63) is 47.5 Å². The van der Waals surface area contributed by atoms with Crippen molar-refractivity contribution in [3.8, 4) is 5.69 Å². The van der Waals surface area contributed by atoms with E-state index in [0.29, 0.717) is 12.1 Å². The summed E-state index contributed by atoms with van der Waals surface area (Å²) in [7, 11) is 0. The summed E-state index contributed by atoms with van der Waals surface area (Å²) in [6.45, 7) is 3.95. The Morgan fingerprint density at radius 1 is 1.45 bits per heavy atom. The number of carbonyl (C=O) groups is 1.